The molecule has 2 aromatic rings. The summed E-state index contributed by atoms with van der Waals surface area (Å²) in [6.45, 7) is 2.35. The van der Waals surface area contributed by atoms with Crippen molar-refractivity contribution in [2.45, 2.75) is 24.9 Å². The molecule has 0 saturated carbocycles. The summed E-state index contributed by atoms with van der Waals surface area (Å²) in [4.78, 5) is 5.06. The Balaban J connectivity index is 2.15. The molecule has 0 bridgehead atoms. The molecule has 0 atom stereocenters. The van der Waals surface area contributed by atoms with Crippen molar-refractivity contribution in [1.82, 2.24) is 9.71 Å². The van der Waals surface area contributed by atoms with E-state index in [4.69, 9.17) is 17.3 Å². The molecule has 5 nitrogen and oxygen atoms in total. The molecule has 1 aromatic carbocycles. The van der Waals surface area contributed by atoms with Crippen LogP contribution in [0.5, 0.6) is 0 Å². The lowest BCUT2D eigenvalue weighted by molar-refractivity contribution is 0.581. The van der Waals surface area contributed by atoms with Crippen molar-refractivity contribution in [3.8, 4) is 0 Å². The molecule has 1 aromatic heterocycles. The Bertz CT molecular complexity index is 713. The highest BCUT2D eigenvalue weighted by Crippen LogP contribution is 2.21. The van der Waals surface area contributed by atoms with E-state index in [0.717, 1.165) is 9.88 Å². The van der Waals surface area contributed by atoms with Gasteiger partial charge in [0.25, 0.3) is 0 Å². The molecule has 0 aliphatic heterocycles. The number of halogens is 1. The minimum atomic E-state index is -3.59. The van der Waals surface area contributed by atoms with Gasteiger partial charge in [-0.15, -0.1) is 11.3 Å². The van der Waals surface area contributed by atoms with Crippen molar-refractivity contribution in [2.24, 2.45) is 5.73 Å². The van der Waals surface area contributed by atoms with E-state index in [1.54, 1.807) is 12.3 Å². The number of nitrogens with one attached hydrogen (secondary N) is 1. The summed E-state index contributed by atoms with van der Waals surface area (Å²) in [6, 6.07) is 4.52. The summed E-state index contributed by atoms with van der Waals surface area (Å²) < 4.78 is 26.8. The number of nitrogens with two attached hydrogens (primary N) is 1. The summed E-state index contributed by atoms with van der Waals surface area (Å²) in [7, 11) is -3.59. The van der Waals surface area contributed by atoms with Crippen LogP contribution in [-0.4, -0.2) is 13.4 Å². The third kappa shape index (κ3) is 3.56. The quantitative estimate of drug-likeness (QED) is 0.878. The zero-order chi connectivity index (χ0) is 14.8. The van der Waals surface area contributed by atoms with Crippen LogP contribution < -0.4 is 10.5 Å². The summed E-state index contributed by atoms with van der Waals surface area (Å²) in [6.07, 6.45) is 1.66. The average molecular weight is 332 g/mol. The van der Waals surface area contributed by atoms with Crippen LogP contribution >= 0.6 is 22.9 Å². The van der Waals surface area contributed by atoms with Gasteiger partial charge < -0.3 is 5.73 Å². The molecule has 0 spiro atoms. The summed E-state index contributed by atoms with van der Waals surface area (Å²) in [5, 5.41) is 1.25. The lowest BCUT2D eigenvalue weighted by atomic mass is 10.2. The van der Waals surface area contributed by atoms with Crippen LogP contribution in [0.3, 0.4) is 0 Å². The Kier molecular flexibility index (Phi) is 4.77. The summed E-state index contributed by atoms with van der Waals surface area (Å²) in [5.41, 5.74) is 6.20. The lowest BCUT2D eigenvalue weighted by Crippen LogP contribution is -2.22. The molecule has 0 amide bonds. The molecule has 108 valence electrons. The zero-order valence-electron chi connectivity index (χ0n) is 10.8. The van der Waals surface area contributed by atoms with Gasteiger partial charge in [-0.25, -0.2) is 18.1 Å². The maximum absolute atomic E-state index is 12.1. The first-order chi connectivity index (χ1) is 9.42. The maximum atomic E-state index is 12.1. The SMILES string of the molecule is Cc1ncc(CNS(=O)(=O)c2ccc(CN)c(Cl)c2)s1. The van der Waals surface area contributed by atoms with Crippen molar-refractivity contribution >= 4 is 33.0 Å². The lowest BCUT2D eigenvalue weighted by Gasteiger charge is -2.07. The molecule has 8 heteroatoms. The fourth-order valence-corrected chi connectivity index (χ4v) is 3.78. The number of benzene rings is 1. The number of sulfonamides is 1. The van der Waals surface area contributed by atoms with Crippen molar-refractivity contribution in [2.75, 3.05) is 0 Å². The summed E-state index contributed by atoms with van der Waals surface area (Å²) in [5.74, 6) is 0. The van der Waals surface area contributed by atoms with E-state index in [1.165, 1.54) is 23.5 Å². The fraction of sp³-hybridized carbons (Fsp3) is 0.250. The second-order valence-corrected chi connectivity index (χ2v) is 7.62. The number of hydrogen-bond donors (Lipinski definition) is 2. The van der Waals surface area contributed by atoms with Crippen molar-refractivity contribution in [3.63, 3.8) is 0 Å². The van der Waals surface area contributed by atoms with Gasteiger partial charge in [0.05, 0.1) is 9.90 Å². The minimum absolute atomic E-state index is 0.126. The molecule has 0 unspecified atom stereocenters. The molecule has 20 heavy (non-hydrogen) atoms. The van der Waals surface area contributed by atoms with Crippen molar-refractivity contribution < 1.29 is 8.42 Å². The predicted molar refractivity (Wildman–Crippen MR) is 80.2 cm³/mol. The van der Waals surface area contributed by atoms with E-state index in [2.05, 4.69) is 9.71 Å². The van der Waals surface area contributed by atoms with Crippen molar-refractivity contribution in [1.29, 1.82) is 0 Å². The van der Waals surface area contributed by atoms with E-state index in [9.17, 15) is 8.42 Å². The number of rotatable bonds is 5. The molecule has 0 aliphatic rings. The van der Waals surface area contributed by atoms with Crippen LogP contribution in [0, 0.1) is 6.92 Å². The molecule has 2 rings (SSSR count). The number of hydrogen-bond acceptors (Lipinski definition) is 5. The number of aromatic nitrogens is 1. The van der Waals surface area contributed by atoms with Crippen LogP contribution in [0.1, 0.15) is 15.4 Å². The van der Waals surface area contributed by atoms with Crippen LogP contribution in [0.2, 0.25) is 5.02 Å². The van der Waals surface area contributed by atoms with Gasteiger partial charge in [0.15, 0.2) is 0 Å². The van der Waals surface area contributed by atoms with Crippen LogP contribution in [0.4, 0.5) is 0 Å². The fourth-order valence-electron chi connectivity index (χ4n) is 1.60. The topological polar surface area (TPSA) is 85.1 Å². The third-order valence-corrected chi connectivity index (χ3v) is 5.32. The first kappa shape index (κ1) is 15.4. The zero-order valence-corrected chi connectivity index (χ0v) is 13.1. The van der Waals surface area contributed by atoms with E-state index in [0.29, 0.717) is 10.6 Å². The molecule has 3 N–H and O–H groups in total. The monoisotopic (exact) mass is 331 g/mol. The van der Waals surface area contributed by atoms with Gasteiger partial charge in [0.2, 0.25) is 10.0 Å². The van der Waals surface area contributed by atoms with Gasteiger partial charge in [0, 0.05) is 29.2 Å². The van der Waals surface area contributed by atoms with Gasteiger partial charge in [-0.3, -0.25) is 0 Å². The second-order valence-electron chi connectivity index (χ2n) is 4.13. The molecule has 0 aliphatic carbocycles. The smallest absolute Gasteiger partial charge is 0.240 e. The van der Waals surface area contributed by atoms with E-state index in [-0.39, 0.29) is 18.0 Å². The maximum Gasteiger partial charge on any atom is 0.240 e. The molecule has 0 fully saturated rings. The minimum Gasteiger partial charge on any atom is -0.326 e. The molecular formula is C12H14ClN3O2S2. The van der Waals surface area contributed by atoms with E-state index < -0.39 is 10.0 Å². The first-order valence-corrected chi connectivity index (χ1v) is 8.49. The second kappa shape index (κ2) is 6.19. The number of thiazole rings is 1. The Labute approximate surface area is 126 Å². The third-order valence-electron chi connectivity index (χ3n) is 2.66. The number of aryl methyl sites for hydroxylation is 1. The summed E-state index contributed by atoms with van der Waals surface area (Å²) >= 11 is 7.43. The largest absolute Gasteiger partial charge is 0.326 e. The van der Waals surface area contributed by atoms with Crippen LogP contribution in [0.25, 0.3) is 0 Å². The normalized spacial score (nSPS) is 11.8. The highest BCUT2D eigenvalue weighted by Gasteiger charge is 2.15. The van der Waals surface area contributed by atoms with Gasteiger partial charge >= 0.3 is 0 Å². The van der Waals surface area contributed by atoms with Gasteiger partial charge in [-0.1, -0.05) is 17.7 Å². The Morgan fingerprint density at radius 1 is 1.45 bits per heavy atom. The van der Waals surface area contributed by atoms with Gasteiger partial charge in [-0.2, -0.15) is 0 Å². The van der Waals surface area contributed by atoms with Crippen LogP contribution in [0.15, 0.2) is 29.3 Å². The highest BCUT2D eigenvalue weighted by molar-refractivity contribution is 7.89. The number of nitrogens with zero attached hydrogens (tertiary/aromatic N) is 1. The van der Waals surface area contributed by atoms with Crippen molar-refractivity contribution in [3.05, 3.63) is 44.9 Å². The van der Waals surface area contributed by atoms with E-state index >= 15 is 0 Å². The first-order valence-electron chi connectivity index (χ1n) is 5.82. The van der Waals surface area contributed by atoms with Gasteiger partial charge in [-0.05, 0) is 24.6 Å². The van der Waals surface area contributed by atoms with Gasteiger partial charge in [0.1, 0.15) is 0 Å². The van der Waals surface area contributed by atoms with Crippen LogP contribution in [-0.2, 0) is 23.1 Å². The molecular weight excluding hydrogens is 318 g/mol. The Morgan fingerprint density at radius 3 is 2.75 bits per heavy atom. The van der Waals surface area contributed by atoms with E-state index in [1.807, 2.05) is 6.92 Å². The molecule has 0 radical (unpaired) electrons. The molecule has 1 heterocycles. The molecule has 0 saturated heterocycles. The highest BCUT2D eigenvalue weighted by atomic mass is 35.5. The standard InChI is InChI=1S/C12H14ClN3O2S2/c1-8-15-6-10(19-8)7-16-20(17,18)11-3-2-9(5-14)12(13)4-11/h2-4,6,16H,5,7,14H2,1H3. The Hall–Kier alpha value is -0.990. The Morgan fingerprint density at radius 2 is 2.20 bits per heavy atom. The average Bonchev–Trinajstić information content (AvgIpc) is 2.82. The predicted octanol–water partition coefficient (Wildman–Crippen LogP) is 2.04.